The zero-order chi connectivity index (χ0) is 14.8. The normalized spacial score (nSPS) is 17.9. The van der Waals surface area contributed by atoms with Crippen LogP contribution >= 0.6 is 35.3 Å². The number of rotatable bonds is 2. The number of carbonyl (C=O) groups excluding carboxylic acids is 1. The molecule has 1 aliphatic heterocycles. The van der Waals surface area contributed by atoms with Crippen molar-refractivity contribution >= 4 is 41.3 Å². The molecule has 1 fully saturated rings. The van der Waals surface area contributed by atoms with Crippen LogP contribution in [0.2, 0.25) is 5.02 Å². The molecule has 3 rings (SSSR count). The molecule has 0 radical (unpaired) electrons. The van der Waals surface area contributed by atoms with Crippen molar-refractivity contribution in [2.75, 3.05) is 19.6 Å². The van der Waals surface area contributed by atoms with E-state index in [9.17, 15) is 4.79 Å². The number of carbonyl (C=O) groups is 1. The van der Waals surface area contributed by atoms with E-state index in [0.717, 1.165) is 30.2 Å². The molecule has 1 atom stereocenters. The minimum atomic E-state index is -0.00194. The van der Waals surface area contributed by atoms with Gasteiger partial charge in [-0.3, -0.25) is 4.79 Å². The lowest BCUT2D eigenvalue weighted by atomic mass is 10.2. The number of thiazole rings is 1. The number of nitrogens with one attached hydrogen (secondary N) is 1. The quantitative estimate of drug-likeness (QED) is 0.896. The van der Waals surface area contributed by atoms with Crippen LogP contribution in [0.4, 0.5) is 0 Å². The van der Waals surface area contributed by atoms with Crippen molar-refractivity contribution in [3.63, 3.8) is 0 Å². The Bertz CT molecular complexity index is 662. The van der Waals surface area contributed by atoms with Gasteiger partial charge >= 0.3 is 0 Å². The second-order valence-electron chi connectivity index (χ2n) is 5.12. The van der Waals surface area contributed by atoms with E-state index in [4.69, 9.17) is 11.6 Å². The van der Waals surface area contributed by atoms with E-state index < -0.39 is 0 Å². The van der Waals surface area contributed by atoms with Gasteiger partial charge in [-0.15, -0.1) is 23.7 Å². The number of piperazine rings is 1. The van der Waals surface area contributed by atoms with Gasteiger partial charge in [0, 0.05) is 36.6 Å². The van der Waals surface area contributed by atoms with Crippen LogP contribution in [0.25, 0.3) is 10.6 Å². The van der Waals surface area contributed by atoms with Crippen LogP contribution in [0, 0.1) is 0 Å². The lowest BCUT2D eigenvalue weighted by Gasteiger charge is -2.31. The van der Waals surface area contributed by atoms with Crippen molar-refractivity contribution in [1.29, 1.82) is 0 Å². The fraction of sp³-hybridized carbons (Fsp3) is 0.333. The highest BCUT2D eigenvalue weighted by molar-refractivity contribution is 7.13. The molecule has 1 unspecified atom stereocenters. The number of hydrogen-bond acceptors (Lipinski definition) is 4. The highest BCUT2D eigenvalue weighted by Gasteiger charge is 2.23. The Hall–Kier alpha value is -1.14. The van der Waals surface area contributed by atoms with E-state index in [2.05, 4.69) is 17.2 Å². The maximum Gasteiger partial charge on any atom is 0.273 e. The van der Waals surface area contributed by atoms with Crippen LogP contribution in [-0.4, -0.2) is 41.5 Å². The van der Waals surface area contributed by atoms with Gasteiger partial charge < -0.3 is 10.2 Å². The van der Waals surface area contributed by atoms with E-state index in [0.29, 0.717) is 16.8 Å². The Morgan fingerprint density at radius 2 is 2.23 bits per heavy atom. The lowest BCUT2D eigenvalue weighted by molar-refractivity contribution is 0.0704. The molecule has 1 amide bonds. The maximum absolute atomic E-state index is 12.5. The van der Waals surface area contributed by atoms with Crippen LogP contribution in [0.5, 0.6) is 0 Å². The first-order chi connectivity index (χ1) is 10.1. The molecule has 7 heteroatoms. The molecule has 1 aromatic carbocycles. The van der Waals surface area contributed by atoms with Crippen molar-refractivity contribution in [2.45, 2.75) is 13.0 Å². The smallest absolute Gasteiger partial charge is 0.273 e. The van der Waals surface area contributed by atoms with Crippen molar-refractivity contribution in [3.05, 3.63) is 40.4 Å². The minimum absolute atomic E-state index is 0. The zero-order valence-electron chi connectivity index (χ0n) is 12.1. The van der Waals surface area contributed by atoms with Gasteiger partial charge in [0.15, 0.2) is 0 Å². The third-order valence-electron chi connectivity index (χ3n) is 3.48. The van der Waals surface area contributed by atoms with Crippen molar-refractivity contribution in [1.82, 2.24) is 15.2 Å². The summed E-state index contributed by atoms with van der Waals surface area (Å²) in [6, 6.07) is 7.87. The second kappa shape index (κ2) is 7.42. The Morgan fingerprint density at radius 1 is 1.45 bits per heavy atom. The topological polar surface area (TPSA) is 45.2 Å². The Kier molecular flexibility index (Phi) is 5.81. The summed E-state index contributed by atoms with van der Waals surface area (Å²) in [7, 11) is 0. The van der Waals surface area contributed by atoms with Crippen LogP contribution in [-0.2, 0) is 0 Å². The number of hydrogen-bond donors (Lipinski definition) is 1. The molecule has 2 aromatic rings. The second-order valence-corrected chi connectivity index (χ2v) is 6.39. The number of aromatic nitrogens is 1. The highest BCUT2D eigenvalue weighted by atomic mass is 35.5. The summed E-state index contributed by atoms with van der Waals surface area (Å²) >= 11 is 7.63. The van der Waals surface area contributed by atoms with Gasteiger partial charge in [0.1, 0.15) is 10.7 Å². The first-order valence-electron chi connectivity index (χ1n) is 6.88. The first kappa shape index (κ1) is 17.2. The first-order valence-corrected chi connectivity index (χ1v) is 8.14. The van der Waals surface area contributed by atoms with E-state index in [1.54, 1.807) is 0 Å². The van der Waals surface area contributed by atoms with Gasteiger partial charge in [-0.1, -0.05) is 29.8 Å². The highest BCUT2D eigenvalue weighted by Crippen LogP contribution is 2.30. The number of amides is 1. The Labute approximate surface area is 144 Å². The summed E-state index contributed by atoms with van der Waals surface area (Å²) in [5.41, 5.74) is 1.38. The Morgan fingerprint density at radius 3 is 2.95 bits per heavy atom. The average molecular weight is 358 g/mol. The molecule has 22 heavy (non-hydrogen) atoms. The predicted molar refractivity (Wildman–Crippen MR) is 93.2 cm³/mol. The molecular formula is C15H17Cl2N3OS. The van der Waals surface area contributed by atoms with Gasteiger partial charge in [-0.2, -0.15) is 0 Å². The summed E-state index contributed by atoms with van der Waals surface area (Å²) in [6.07, 6.45) is 0. The van der Waals surface area contributed by atoms with Crippen molar-refractivity contribution in [2.24, 2.45) is 0 Å². The van der Waals surface area contributed by atoms with Crippen molar-refractivity contribution < 1.29 is 4.79 Å². The maximum atomic E-state index is 12.5. The van der Waals surface area contributed by atoms with Gasteiger partial charge in [-0.05, 0) is 13.0 Å². The molecule has 0 spiro atoms. The molecule has 0 saturated carbocycles. The van der Waals surface area contributed by atoms with Crippen molar-refractivity contribution in [3.8, 4) is 10.6 Å². The van der Waals surface area contributed by atoms with E-state index in [-0.39, 0.29) is 18.3 Å². The van der Waals surface area contributed by atoms with Gasteiger partial charge in [-0.25, -0.2) is 4.98 Å². The van der Waals surface area contributed by atoms with Gasteiger partial charge in [0.25, 0.3) is 5.91 Å². The minimum Gasteiger partial charge on any atom is -0.334 e. The SMILES string of the molecule is CC1CN(C(=O)c2csc(-c3ccccc3Cl)n2)CCN1.Cl. The van der Waals surface area contributed by atoms with Crippen LogP contribution in [0.1, 0.15) is 17.4 Å². The standard InChI is InChI=1S/C15H16ClN3OS.ClH/c1-10-8-19(7-6-17-10)15(20)13-9-21-14(18-13)11-4-2-3-5-12(11)16;/h2-5,9-10,17H,6-8H2,1H3;1H. The lowest BCUT2D eigenvalue weighted by Crippen LogP contribution is -2.51. The van der Waals surface area contributed by atoms with Crippen LogP contribution in [0.15, 0.2) is 29.6 Å². The molecule has 1 aromatic heterocycles. The third-order valence-corrected chi connectivity index (χ3v) is 4.69. The predicted octanol–water partition coefficient (Wildman–Crippen LogP) is 3.32. The van der Waals surface area contributed by atoms with E-state index in [1.807, 2.05) is 34.5 Å². The molecule has 1 aliphatic rings. The summed E-state index contributed by atoms with van der Waals surface area (Å²) in [4.78, 5) is 18.8. The largest absolute Gasteiger partial charge is 0.334 e. The summed E-state index contributed by atoms with van der Waals surface area (Å²) in [5.74, 6) is -0.00194. The summed E-state index contributed by atoms with van der Waals surface area (Å²) in [6.45, 7) is 4.35. The number of benzene rings is 1. The molecule has 0 aliphatic carbocycles. The summed E-state index contributed by atoms with van der Waals surface area (Å²) in [5, 5.41) is 6.58. The summed E-state index contributed by atoms with van der Waals surface area (Å²) < 4.78 is 0. The monoisotopic (exact) mass is 357 g/mol. The molecule has 1 N–H and O–H groups in total. The number of halogens is 2. The molecule has 118 valence electrons. The molecule has 4 nitrogen and oxygen atoms in total. The van der Waals surface area contributed by atoms with E-state index >= 15 is 0 Å². The fourth-order valence-electron chi connectivity index (χ4n) is 2.41. The van der Waals surface area contributed by atoms with Crippen LogP contribution in [0.3, 0.4) is 0 Å². The zero-order valence-corrected chi connectivity index (χ0v) is 14.5. The number of nitrogens with zero attached hydrogens (tertiary/aromatic N) is 2. The van der Waals surface area contributed by atoms with E-state index in [1.165, 1.54) is 11.3 Å². The fourth-order valence-corrected chi connectivity index (χ4v) is 3.52. The molecular weight excluding hydrogens is 341 g/mol. The third kappa shape index (κ3) is 3.60. The van der Waals surface area contributed by atoms with Crippen LogP contribution < -0.4 is 5.32 Å². The Balaban J connectivity index is 0.00000176. The van der Waals surface area contributed by atoms with Gasteiger partial charge in [0.2, 0.25) is 0 Å². The molecule has 1 saturated heterocycles. The molecule has 2 heterocycles. The average Bonchev–Trinajstić information content (AvgIpc) is 2.96. The van der Waals surface area contributed by atoms with Gasteiger partial charge in [0.05, 0.1) is 5.02 Å². The molecule has 0 bridgehead atoms.